The average molecular weight is 542 g/mol. The molecule has 0 saturated carbocycles. The highest BCUT2D eigenvalue weighted by Crippen LogP contribution is 2.30. The van der Waals surface area contributed by atoms with Gasteiger partial charge in [0.2, 0.25) is 0 Å². The zero-order valence-corrected chi connectivity index (χ0v) is 24.6. The second-order valence-electron chi connectivity index (χ2n) is 11.2. The Bertz CT molecular complexity index is 1100. The van der Waals surface area contributed by atoms with Crippen LogP contribution in [0.1, 0.15) is 39.1 Å². The van der Waals surface area contributed by atoms with Gasteiger partial charge in [0.25, 0.3) is 0 Å². The third-order valence-electron chi connectivity index (χ3n) is 5.30. The molecule has 0 aliphatic rings. The van der Waals surface area contributed by atoms with Crippen molar-refractivity contribution in [2.24, 2.45) is 0 Å². The summed E-state index contributed by atoms with van der Waals surface area (Å²) < 4.78 is 13.4. The van der Waals surface area contributed by atoms with Crippen molar-refractivity contribution in [3.63, 3.8) is 0 Å². The lowest BCUT2D eigenvalue weighted by Gasteiger charge is -2.23. The van der Waals surface area contributed by atoms with Crippen molar-refractivity contribution < 1.29 is 19.1 Å². The highest BCUT2D eigenvalue weighted by molar-refractivity contribution is 6.76. The molecule has 1 heterocycles. The number of amides is 3. The molecule has 208 valence electrons. The third kappa shape index (κ3) is 10.5. The van der Waals surface area contributed by atoms with Crippen LogP contribution >= 0.6 is 0 Å². The minimum absolute atomic E-state index is 0.270. The van der Waals surface area contributed by atoms with Gasteiger partial charge in [-0.25, -0.2) is 14.6 Å². The molecule has 10 heteroatoms. The van der Waals surface area contributed by atoms with Crippen molar-refractivity contribution in [2.75, 3.05) is 18.5 Å². The van der Waals surface area contributed by atoms with Crippen LogP contribution in [-0.4, -0.2) is 48.5 Å². The van der Waals surface area contributed by atoms with E-state index in [2.05, 4.69) is 48.7 Å². The first-order valence-electron chi connectivity index (χ1n) is 12.8. The van der Waals surface area contributed by atoms with Crippen molar-refractivity contribution in [2.45, 2.75) is 71.3 Å². The maximum absolute atomic E-state index is 12.6. The van der Waals surface area contributed by atoms with E-state index >= 15 is 0 Å². The zero-order chi connectivity index (χ0) is 28.3. The van der Waals surface area contributed by atoms with E-state index in [1.54, 1.807) is 12.2 Å². The molecule has 2 aromatic rings. The number of nitrogens with zero attached hydrogens (tertiary/aromatic N) is 2. The lowest BCUT2D eigenvalue weighted by Crippen LogP contribution is -2.36. The van der Waals surface area contributed by atoms with E-state index < -0.39 is 25.8 Å². The fourth-order valence-corrected chi connectivity index (χ4v) is 4.23. The van der Waals surface area contributed by atoms with Gasteiger partial charge in [-0.05, 0) is 39.3 Å². The summed E-state index contributed by atoms with van der Waals surface area (Å²) in [5.41, 5.74) is 1.33. The third-order valence-corrected chi connectivity index (χ3v) is 7.00. The molecule has 9 nitrogen and oxygen atoms in total. The molecule has 1 aromatic heterocycles. The molecule has 0 spiro atoms. The van der Waals surface area contributed by atoms with Gasteiger partial charge in [-0.2, -0.15) is 0 Å². The fraction of sp³-hybridized carbons (Fsp3) is 0.464. The summed E-state index contributed by atoms with van der Waals surface area (Å²) in [7, 11) is -1.26. The largest absolute Gasteiger partial charge is 0.444 e. The van der Waals surface area contributed by atoms with Crippen molar-refractivity contribution in [3.05, 3.63) is 61.6 Å². The molecule has 0 radical (unpaired) electrons. The highest BCUT2D eigenvalue weighted by Gasteiger charge is 2.25. The number of para-hydroxylation sites is 1. The Balaban J connectivity index is 2.42. The quantitative estimate of drug-likeness (QED) is 0.156. The fourth-order valence-electron chi connectivity index (χ4n) is 3.47. The van der Waals surface area contributed by atoms with Crippen molar-refractivity contribution >= 4 is 25.9 Å². The Morgan fingerprint density at radius 2 is 1.87 bits per heavy atom. The van der Waals surface area contributed by atoms with E-state index in [0.717, 1.165) is 11.6 Å². The number of ether oxygens (including phenoxy) is 2. The predicted octanol–water partition coefficient (Wildman–Crippen LogP) is 6.31. The van der Waals surface area contributed by atoms with Gasteiger partial charge in [0.05, 0.1) is 17.4 Å². The van der Waals surface area contributed by atoms with Crippen LogP contribution < -0.4 is 16.0 Å². The molecule has 2 rings (SSSR count). The van der Waals surface area contributed by atoms with Crippen LogP contribution in [0.3, 0.4) is 0 Å². The van der Waals surface area contributed by atoms with E-state index in [0.29, 0.717) is 36.8 Å². The smallest absolute Gasteiger partial charge is 0.408 e. The van der Waals surface area contributed by atoms with Gasteiger partial charge in [-0.15, -0.1) is 13.2 Å². The van der Waals surface area contributed by atoms with Crippen LogP contribution in [-0.2, 0) is 16.2 Å². The molecule has 0 aliphatic heterocycles. The number of rotatable bonds is 13. The highest BCUT2D eigenvalue weighted by atomic mass is 28.3. The number of benzene rings is 1. The molecule has 38 heavy (non-hydrogen) atoms. The van der Waals surface area contributed by atoms with Crippen molar-refractivity contribution in [1.82, 2.24) is 20.2 Å². The van der Waals surface area contributed by atoms with Crippen LogP contribution in [0, 0.1) is 0 Å². The molecule has 0 bridgehead atoms. The van der Waals surface area contributed by atoms with Gasteiger partial charge in [0.15, 0.2) is 0 Å². The Labute approximate surface area is 227 Å². The topological polar surface area (TPSA) is 107 Å². The molecular formula is C28H43N5O4Si. The summed E-state index contributed by atoms with van der Waals surface area (Å²) in [6.07, 6.45) is 5.11. The Kier molecular flexibility index (Phi) is 11.3. The molecule has 1 aromatic carbocycles. The SMILES string of the molecule is C=CCNC(=O)Nc1ccccc1-c1cn(COCC[Si](C)(C)C)c(C(CC=C)NC(=O)OC(C)(C)C)n1. The van der Waals surface area contributed by atoms with E-state index in [4.69, 9.17) is 14.5 Å². The Hall–Kier alpha value is -3.37. The first kappa shape index (κ1) is 30.8. The lowest BCUT2D eigenvalue weighted by molar-refractivity contribution is 0.0492. The summed E-state index contributed by atoms with van der Waals surface area (Å²) in [6, 6.07) is 7.61. The van der Waals surface area contributed by atoms with Crippen molar-refractivity contribution in [1.29, 1.82) is 0 Å². The average Bonchev–Trinajstić information content (AvgIpc) is 3.22. The summed E-state index contributed by atoms with van der Waals surface area (Å²) in [5.74, 6) is 0.602. The molecule has 3 N–H and O–H groups in total. The minimum Gasteiger partial charge on any atom is -0.444 e. The van der Waals surface area contributed by atoms with Gasteiger partial charge in [-0.3, -0.25) is 0 Å². The number of carbonyl (C=O) groups excluding carboxylic acids is 2. The van der Waals surface area contributed by atoms with Crippen molar-refractivity contribution in [3.8, 4) is 11.3 Å². The second kappa shape index (κ2) is 14.0. The zero-order valence-electron chi connectivity index (χ0n) is 23.6. The molecule has 1 unspecified atom stereocenters. The Morgan fingerprint density at radius 3 is 2.50 bits per heavy atom. The van der Waals surface area contributed by atoms with Gasteiger partial charge >= 0.3 is 12.1 Å². The maximum atomic E-state index is 12.6. The predicted molar refractivity (Wildman–Crippen MR) is 156 cm³/mol. The number of carbonyl (C=O) groups is 2. The Morgan fingerprint density at radius 1 is 1.16 bits per heavy atom. The van der Waals surface area contributed by atoms with Gasteiger partial charge < -0.3 is 30.0 Å². The van der Waals surface area contributed by atoms with E-state index in [1.807, 2.05) is 55.8 Å². The van der Waals surface area contributed by atoms with Crippen LogP contribution in [0.4, 0.5) is 15.3 Å². The summed E-state index contributed by atoms with van der Waals surface area (Å²) in [5, 5.41) is 8.52. The second-order valence-corrected chi connectivity index (χ2v) is 16.8. The monoisotopic (exact) mass is 541 g/mol. The number of imidazole rings is 1. The number of aromatic nitrogens is 2. The normalized spacial score (nSPS) is 12.4. The number of hydrogen-bond acceptors (Lipinski definition) is 5. The van der Waals surface area contributed by atoms with E-state index in [-0.39, 0.29) is 12.8 Å². The summed E-state index contributed by atoms with van der Waals surface area (Å²) in [6.45, 7) is 21.1. The van der Waals surface area contributed by atoms with Gasteiger partial charge in [0.1, 0.15) is 18.2 Å². The number of nitrogens with one attached hydrogen (secondary N) is 3. The number of hydrogen-bond donors (Lipinski definition) is 3. The molecule has 0 aliphatic carbocycles. The van der Waals surface area contributed by atoms with Gasteiger partial charge in [0, 0.05) is 33.0 Å². The van der Waals surface area contributed by atoms with E-state index in [1.165, 1.54) is 0 Å². The minimum atomic E-state index is -1.26. The molecular weight excluding hydrogens is 498 g/mol. The first-order chi connectivity index (χ1) is 17.8. The number of alkyl carbamates (subject to hydrolysis) is 1. The number of urea groups is 1. The van der Waals surface area contributed by atoms with E-state index in [9.17, 15) is 9.59 Å². The molecule has 1 atom stereocenters. The molecule has 3 amide bonds. The number of anilines is 1. The van der Waals surface area contributed by atoms with Crippen LogP contribution in [0.2, 0.25) is 25.7 Å². The van der Waals surface area contributed by atoms with Crippen LogP contribution in [0.15, 0.2) is 55.8 Å². The standard InChI is InChI=1S/C28H43N5O4Si/c1-9-13-23(32-27(35)37-28(3,4)5)25-30-24(19-33(25)20-36-17-18-38(6,7)8)21-14-11-12-15-22(21)31-26(34)29-16-10-2/h9-12,14-15,19,23H,1-2,13,16-18,20H2,3-8H3,(H,32,35)(H2,29,31,34). The van der Waals surface area contributed by atoms with Crippen LogP contribution in [0.5, 0.6) is 0 Å². The van der Waals surface area contributed by atoms with Crippen LogP contribution in [0.25, 0.3) is 11.3 Å². The molecule has 0 fully saturated rings. The summed E-state index contributed by atoms with van der Waals surface area (Å²) in [4.78, 5) is 29.9. The lowest BCUT2D eigenvalue weighted by atomic mass is 10.1. The maximum Gasteiger partial charge on any atom is 0.408 e. The summed E-state index contributed by atoms with van der Waals surface area (Å²) >= 11 is 0. The first-order valence-corrected chi connectivity index (χ1v) is 16.5. The van der Waals surface area contributed by atoms with Gasteiger partial charge in [-0.1, -0.05) is 50.0 Å². The molecule has 0 saturated heterocycles.